The van der Waals surface area contributed by atoms with Crippen molar-refractivity contribution < 1.29 is 9.53 Å². The lowest BCUT2D eigenvalue weighted by atomic mass is 10.1. The van der Waals surface area contributed by atoms with E-state index in [4.69, 9.17) is 4.74 Å². The van der Waals surface area contributed by atoms with Crippen molar-refractivity contribution in [2.24, 2.45) is 5.92 Å². The van der Waals surface area contributed by atoms with Crippen LogP contribution in [0.3, 0.4) is 0 Å². The molecule has 1 rings (SSSR count). The van der Waals surface area contributed by atoms with Gasteiger partial charge in [-0.25, -0.2) is 0 Å². The number of amides is 1. The maximum absolute atomic E-state index is 12.3. The Bertz CT molecular complexity index is 440. The Labute approximate surface area is 107 Å². The maximum atomic E-state index is 12.3. The molecule has 1 aromatic rings. The van der Waals surface area contributed by atoms with Crippen LogP contribution in [0.1, 0.15) is 24.2 Å². The van der Waals surface area contributed by atoms with Crippen LogP contribution in [0, 0.1) is 5.92 Å². The Morgan fingerprint density at radius 2 is 2.22 bits per heavy atom. The molecule has 0 bridgehead atoms. The second-order valence-electron chi connectivity index (χ2n) is 4.58. The summed E-state index contributed by atoms with van der Waals surface area (Å²) in [5.74, 6) is 0.236. The number of nitrogens with zero attached hydrogens (tertiary/aromatic N) is 1. The number of aromatic amines is 1. The second kappa shape index (κ2) is 6.96. The molecule has 0 aliphatic carbocycles. The lowest BCUT2D eigenvalue weighted by Gasteiger charge is -2.24. The number of aromatic nitrogens is 1. The van der Waals surface area contributed by atoms with Gasteiger partial charge in [-0.15, -0.1) is 0 Å². The Hall–Kier alpha value is -1.62. The van der Waals surface area contributed by atoms with Gasteiger partial charge in [-0.1, -0.05) is 13.8 Å². The predicted octanol–water partition coefficient (Wildman–Crippen LogP) is 1.12. The maximum Gasteiger partial charge on any atom is 0.254 e. The highest BCUT2D eigenvalue weighted by atomic mass is 16.5. The molecular weight excluding hydrogens is 232 g/mol. The molecule has 0 fully saturated rings. The van der Waals surface area contributed by atoms with Crippen molar-refractivity contribution in [3.8, 4) is 0 Å². The smallest absolute Gasteiger partial charge is 0.254 e. The number of hydrogen-bond acceptors (Lipinski definition) is 3. The fourth-order valence-corrected chi connectivity index (χ4v) is 1.68. The van der Waals surface area contributed by atoms with Gasteiger partial charge in [-0.05, 0) is 12.0 Å². The minimum atomic E-state index is -0.267. The van der Waals surface area contributed by atoms with E-state index >= 15 is 0 Å². The molecule has 1 heterocycles. The van der Waals surface area contributed by atoms with Crippen LogP contribution in [-0.2, 0) is 4.74 Å². The van der Waals surface area contributed by atoms with Gasteiger partial charge in [0.25, 0.3) is 5.91 Å². The lowest BCUT2D eigenvalue weighted by molar-refractivity contribution is 0.0672. The summed E-state index contributed by atoms with van der Waals surface area (Å²) < 4.78 is 5.00. The van der Waals surface area contributed by atoms with Gasteiger partial charge in [0, 0.05) is 38.0 Å². The summed E-state index contributed by atoms with van der Waals surface area (Å²) in [4.78, 5) is 27.7. The largest absolute Gasteiger partial charge is 0.383 e. The third-order valence-corrected chi connectivity index (χ3v) is 2.46. The van der Waals surface area contributed by atoms with Crippen molar-refractivity contribution in [3.05, 3.63) is 34.2 Å². The molecule has 0 radical (unpaired) electrons. The van der Waals surface area contributed by atoms with E-state index in [9.17, 15) is 9.59 Å². The first-order chi connectivity index (χ1) is 8.54. The number of methoxy groups -OCH3 is 1. The molecule has 18 heavy (non-hydrogen) atoms. The zero-order chi connectivity index (χ0) is 13.5. The molecule has 0 unspecified atom stereocenters. The van der Waals surface area contributed by atoms with Gasteiger partial charge in [0.2, 0.25) is 5.56 Å². The van der Waals surface area contributed by atoms with Gasteiger partial charge < -0.3 is 14.6 Å². The number of carbonyl (C=O) groups excluding carboxylic acids is 1. The van der Waals surface area contributed by atoms with Crippen LogP contribution >= 0.6 is 0 Å². The summed E-state index contributed by atoms with van der Waals surface area (Å²) in [5.41, 5.74) is 0.146. The molecule has 1 N–H and O–H groups in total. The van der Waals surface area contributed by atoms with Crippen LogP contribution in [0.4, 0.5) is 0 Å². The SMILES string of the molecule is COCCN(CC(C)C)C(=O)c1cc[nH]c(=O)c1. The van der Waals surface area contributed by atoms with Crippen LogP contribution in [0.15, 0.2) is 23.1 Å². The Morgan fingerprint density at radius 1 is 1.50 bits per heavy atom. The molecule has 0 saturated heterocycles. The molecular formula is C13H20N2O3. The Kier molecular flexibility index (Phi) is 5.58. The van der Waals surface area contributed by atoms with E-state index in [0.717, 1.165) is 0 Å². The van der Waals surface area contributed by atoms with Gasteiger partial charge in [-0.3, -0.25) is 9.59 Å². The zero-order valence-corrected chi connectivity index (χ0v) is 11.1. The number of ether oxygens (including phenoxy) is 1. The van der Waals surface area contributed by atoms with Crippen LogP contribution < -0.4 is 5.56 Å². The monoisotopic (exact) mass is 252 g/mol. The topological polar surface area (TPSA) is 62.4 Å². The molecule has 1 amide bonds. The molecule has 1 aromatic heterocycles. The van der Waals surface area contributed by atoms with Gasteiger partial charge in [0.1, 0.15) is 0 Å². The molecule has 0 aliphatic heterocycles. The fraction of sp³-hybridized carbons (Fsp3) is 0.538. The zero-order valence-electron chi connectivity index (χ0n) is 11.1. The molecule has 5 heteroatoms. The Balaban J connectivity index is 2.83. The van der Waals surface area contributed by atoms with Crippen molar-refractivity contribution >= 4 is 5.91 Å². The first-order valence-corrected chi connectivity index (χ1v) is 6.01. The number of carbonyl (C=O) groups is 1. The van der Waals surface area contributed by atoms with Gasteiger partial charge in [0.15, 0.2) is 0 Å². The van der Waals surface area contributed by atoms with Gasteiger partial charge in [-0.2, -0.15) is 0 Å². The average molecular weight is 252 g/mol. The normalized spacial score (nSPS) is 10.7. The van der Waals surface area contributed by atoms with E-state index in [1.54, 1.807) is 18.1 Å². The first kappa shape index (κ1) is 14.4. The molecule has 0 atom stereocenters. The fourth-order valence-electron chi connectivity index (χ4n) is 1.68. The highest BCUT2D eigenvalue weighted by Gasteiger charge is 2.16. The van der Waals surface area contributed by atoms with Crippen LogP contribution in [0.5, 0.6) is 0 Å². The van der Waals surface area contributed by atoms with E-state index in [-0.39, 0.29) is 11.5 Å². The number of hydrogen-bond donors (Lipinski definition) is 1. The van der Waals surface area contributed by atoms with E-state index < -0.39 is 0 Å². The summed E-state index contributed by atoms with van der Waals surface area (Å²) in [6, 6.07) is 2.94. The van der Waals surface area contributed by atoms with Crippen LogP contribution in [-0.4, -0.2) is 42.6 Å². The molecule has 0 aromatic carbocycles. The van der Waals surface area contributed by atoms with Crippen molar-refractivity contribution in [1.29, 1.82) is 0 Å². The summed E-state index contributed by atoms with van der Waals surface area (Å²) in [6.07, 6.45) is 1.49. The molecule has 0 aliphatic rings. The van der Waals surface area contributed by atoms with Crippen LogP contribution in [0.2, 0.25) is 0 Å². The van der Waals surface area contributed by atoms with E-state index in [0.29, 0.717) is 31.2 Å². The van der Waals surface area contributed by atoms with Crippen molar-refractivity contribution in [2.45, 2.75) is 13.8 Å². The minimum absolute atomic E-state index is 0.133. The quantitative estimate of drug-likeness (QED) is 0.825. The van der Waals surface area contributed by atoms with Crippen molar-refractivity contribution in [1.82, 2.24) is 9.88 Å². The van der Waals surface area contributed by atoms with E-state index in [1.165, 1.54) is 12.3 Å². The number of H-pyrrole nitrogens is 1. The summed E-state index contributed by atoms with van der Waals surface area (Å²) >= 11 is 0. The molecule has 0 spiro atoms. The Morgan fingerprint density at radius 3 is 2.78 bits per heavy atom. The molecule has 100 valence electrons. The highest BCUT2D eigenvalue weighted by molar-refractivity contribution is 5.94. The van der Waals surface area contributed by atoms with Crippen molar-refractivity contribution in [3.63, 3.8) is 0 Å². The summed E-state index contributed by atoms with van der Waals surface area (Å²) in [5, 5.41) is 0. The van der Waals surface area contributed by atoms with E-state index in [1.807, 2.05) is 13.8 Å². The second-order valence-corrected chi connectivity index (χ2v) is 4.58. The average Bonchev–Trinajstić information content (AvgIpc) is 2.33. The standard InChI is InChI=1S/C13H20N2O3/c1-10(2)9-15(6-7-18-3)13(17)11-4-5-14-12(16)8-11/h4-5,8,10H,6-7,9H2,1-3H3,(H,14,16). The predicted molar refractivity (Wildman–Crippen MR) is 69.7 cm³/mol. The summed E-state index contributed by atoms with van der Waals surface area (Å²) in [7, 11) is 1.60. The first-order valence-electron chi connectivity index (χ1n) is 6.01. The van der Waals surface area contributed by atoms with E-state index in [2.05, 4.69) is 4.98 Å². The highest BCUT2D eigenvalue weighted by Crippen LogP contribution is 2.05. The number of rotatable bonds is 6. The number of nitrogens with one attached hydrogen (secondary N) is 1. The molecule has 0 saturated carbocycles. The van der Waals surface area contributed by atoms with Crippen molar-refractivity contribution in [2.75, 3.05) is 26.8 Å². The minimum Gasteiger partial charge on any atom is -0.383 e. The van der Waals surface area contributed by atoms with Gasteiger partial charge in [0.05, 0.1) is 6.61 Å². The van der Waals surface area contributed by atoms with Crippen LogP contribution in [0.25, 0.3) is 0 Å². The third-order valence-electron chi connectivity index (χ3n) is 2.46. The number of pyridine rings is 1. The summed E-state index contributed by atoms with van der Waals surface area (Å²) in [6.45, 7) is 5.76. The molecule has 5 nitrogen and oxygen atoms in total. The lowest BCUT2D eigenvalue weighted by Crippen LogP contribution is -2.37. The van der Waals surface area contributed by atoms with Gasteiger partial charge >= 0.3 is 0 Å². The third kappa shape index (κ3) is 4.33.